The number of nitrogens with two attached hydrogens (primary N) is 1. The second-order valence-electron chi connectivity index (χ2n) is 4.68. The third-order valence-corrected chi connectivity index (χ3v) is 3.30. The zero-order valence-corrected chi connectivity index (χ0v) is 10.5. The largest absolute Gasteiger partial charge is 0.491 e. The summed E-state index contributed by atoms with van der Waals surface area (Å²) in [5, 5.41) is 9.39. The molecule has 1 heterocycles. The van der Waals surface area contributed by atoms with E-state index in [0.717, 1.165) is 11.4 Å². The number of aliphatic hydroxyl groups is 1. The van der Waals surface area contributed by atoms with E-state index in [1.165, 1.54) is 5.56 Å². The van der Waals surface area contributed by atoms with Crippen LogP contribution in [-0.4, -0.2) is 30.1 Å². The number of aliphatic imine (C=N–C) groups is 1. The summed E-state index contributed by atoms with van der Waals surface area (Å²) in [5.74, 6) is 0.978. The van der Waals surface area contributed by atoms with Crippen LogP contribution in [0.3, 0.4) is 0 Å². The topological polar surface area (TPSA) is 67.8 Å². The van der Waals surface area contributed by atoms with Gasteiger partial charge in [-0.15, -0.1) is 0 Å². The minimum atomic E-state index is -0.631. The predicted octanol–water partition coefficient (Wildman–Crippen LogP) is 1.68. The number of nitrogens with zero attached hydrogens (tertiary/aromatic N) is 1. The lowest BCUT2D eigenvalue weighted by molar-refractivity contribution is 0.114. The van der Waals surface area contributed by atoms with Gasteiger partial charge in [-0.05, 0) is 17.7 Å². The van der Waals surface area contributed by atoms with Gasteiger partial charge in [-0.1, -0.05) is 24.3 Å². The van der Waals surface area contributed by atoms with Crippen LogP contribution in [0.5, 0.6) is 5.75 Å². The minimum absolute atomic E-state index is 0.199. The molecule has 2 atom stereocenters. The average molecular weight is 256 g/mol. The standard InChI is InChI=1S/C15H16N2O2/c16-8-10(18)9-19-11-5-6-13-12-3-1-2-4-14(12)17-15(13)7-11/h1-7,10,12,18H,8-9,16H2. The highest BCUT2D eigenvalue weighted by Gasteiger charge is 2.24. The summed E-state index contributed by atoms with van der Waals surface area (Å²) in [7, 11) is 0. The first-order valence-electron chi connectivity index (χ1n) is 6.36. The van der Waals surface area contributed by atoms with E-state index in [1.807, 2.05) is 36.4 Å². The van der Waals surface area contributed by atoms with E-state index < -0.39 is 6.10 Å². The monoisotopic (exact) mass is 256 g/mol. The van der Waals surface area contributed by atoms with Gasteiger partial charge < -0.3 is 15.6 Å². The lowest BCUT2D eigenvalue weighted by Gasteiger charge is -2.12. The van der Waals surface area contributed by atoms with Crippen LogP contribution in [-0.2, 0) is 0 Å². The van der Waals surface area contributed by atoms with Crippen molar-refractivity contribution in [2.24, 2.45) is 10.7 Å². The molecule has 1 aliphatic heterocycles. The molecule has 2 aliphatic rings. The van der Waals surface area contributed by atoms with Gasteiger partial charge in [0.15, 0.2) is 0 Å². The molecule has 1 aromatic carbocycles. The third kappa shape index (κ3) is 2.32. The number of rotatable bonds is 4. The Labute approximate surface area is 111 Å². The number of allylic oxidation sites excluding steroid dienone is 4. The van der Waals surface area contributed by atoms with Crippen molar-refractivity contribution in [3.63, 3.8) is 0 Å². The van der Waals surface area contributed by atoms with Crippen LogP contribution >= 0.6 is 0 Å². The Morgan fingerprint density at radius 3 is 3.11 bits per heavy atom. The molecule has 1 aromatic rings. The van der Waals surface area contributed by atoms with Crippen molar-refractivity contribution in [2.75, 3.05) is 13.2 Å². The van der Waals surface area contributed by atoms with E-state index in [4.69, 9.17) is 10.5 Å². The SMILES string of the molecule is NCC(O)COc1ccc2c(c1)N=C1C=CC=CC12. The molecule has 0 amide bonds. The van der Waals surface area contributed by atoms with Gasteiger partial charge in [0.25, 0.3) is 0 Å². The number of hydrogen-bond acceptors (Lipinski definition) is 4. The summed E-state index contributed by atoms with van der Waals surface area (Å²) in [6.07, 6.45) is 7.58. The Hall–Kier alpha value is -1.91. The van der Waals surface area contributed by atoms with E-state index >= 15 is 0 Å². The summed E-state index contributed by atoms with van der Waals surface area (Å²) in [6, 6.07) is 5.85. The highest BCUT2D eigenvalue weighted by molar-refractivity contribution is 6.08. The molecule has 0 spiro atoms. The molecule has 0 saturated heterocycles. The second-order valence-corrected chi connectivity index (χ2v) is 4.68. The summed E-state index contributed by atoms with van der Waals surface area (Å²) >= 11 is 0. The quantitative estimate of drug-likeness (QED) is 0.861. The maximum atomic E-state index is 9.39. The van der Waals surface area contributed by atoms with Crippen molar-refractivity contribution in [1.29, 1.82) is 0 Å². The fraction of sp³-hybridized carbons (Fsp3) is 0.267. The molecule has 3 rings (SSSR count). The summed E-state index contributed by atoms with van der Waals surface area (Å²) in [5.41, 5.74) is 8.54. The number of aliphatic hydroxyl groups excluding tert-OH is 1. The number of ether oxygens (including phenoxy) is 1. The van der Waals surface area contributed by atoms with Gasteiger partial charge in [0.05, 0.1) is 11.4 Å². The number of hydrogen-bond donors (Lipinski definition) is 2. The lowest BCUT2D eigenvalue weighted by Crippen LogP contribution is -2.26. The molecule has 0 aromatic heterocycles. The van der Waals surface area contributed by atoms with Gasteiger partial charge >= 0.3 is 0 Å². The van der Waals surface area contributed by atoms with Crippen molar-refractivity contribution in [1.82, 2.24) is 0 Å². The molecule has 4 heteroatoms. The smallest absolute Gasteiger partial charge is 0.121 e. The predicted molar refractivity (Wildman–Crippen MR) is 75.1 cm³/mol. The lowest BCUT2D eigenvalue weighted by atomic mass is 9.93. The van der Waals surface area contributed by atoms with Crippen LogP contribution in [0, 0.1) is 0 Å². The van der Waals surface area contributed by atoms with E-state index in [-0.39, 0.29) is 19.1 Å². The zero-order valence-electron chi connectivity index (χ0n) is 10.5. The van der Waals surface area contributed by atoms with Gasteiger partial charge in [-0.3, -0.25) is 4.99 Å². The van der Waals surface area contributed by atoms with E-state index in [1.54, 1.807) is 0 Å². The Balaban J connectivity index is 1.80. The first kappa shape index (κ1) is 12.1. The van der Waals surface area contributed by atoms with Crippen molar-refractivity contribution >= 4 is 11.4 Å². The average Bonchev–Trinajstić information content (AvgIpc) is 2.82. The summed E-state index contributed by atoms with van der Waals surface area (Å²) < 4.78 is 5.50. The van der Waals surface area contributed by atoms with Crippen LogP contribution in [0.1, 0.15) is 11.5 Å². The van der Waals surface area contributed by atoms with E-state index in [0.29, 0.717) is 5.75 Å². The molecular weight excluding hydrogens is 240 g/mol. The van der Waals surface area contributed by atoms with Crippen molar-refractivity contribution in [3.8, 4) is 5.75 Å². The Bertz CT molecular complexity index is 576. The van der Waals surface area contributed by atoms with Gasteiger partial charge in [-0.25, -0.2) is 0 Å². The number of fused-ring (bicyclic) bond motifs is 3. The fourth-order valence-electron chi connectivity index (χ4n) is 2.27. The summed E-state index contributed by atoms with van der Waals surface area (Å²) in [6.45, 7) is 0.403. The van der Waals surface area contributed by atoms with Crippen molar-refractivity contribution in [3.05, 3.63) is 48.1 Å². The second kappa shape index (κ2) is 4.99. The molecule has 0 fully saturated rings. The fourth-order valence-corrected chi connectivity index (χ4v) is 2.27. The molecule has 0 radical (unpaired) electrons. The maximum absolute atomic E-state index is 9.39. The van der Waals surface area contributed by atoms with E-state index in [2.05, 4.69) is 11.1 Å². The molecule has 1 aliphatic carbocycles. The Morgan fingerprint density at radius 1 is 1.37 bits per heavy atom. The zero-order chi connectivity index (χ0) is 13.2. The van der Waals surface area contributed by atoms with Crippen LogP contribution < -0.4 is 10.5 Å². The molecule has 4 nitrogen and oxygen atoms in total. The van der Waals surface area contributed by atoms with Gasteiger partial charge in [0.1, 0.15) is 18.5 Å². The van der Waals surface area contributed by atoms with Crippen molar-refractivity contribution < 1.29 is 9.84 Å². The van der Waals surface area contributed by atoms with Gasteiger partial charge in [-0.2, -0.15) is 0 Å². The minimum Gasteiger partial charge on any atom is -0.491 e. The molecule has 98 valence electrons. The van der Waals surface area contributed by atoms with Crippen molar-refractivity contribution in [2.45, 2.75) is 12.0 Å². The maximum Gasteiger partial charge on any atom is 0.121 e. The first-order valence-corrected chi connectivity index (χ1v) is 6.36. The van der Waals surface area contributed by atoms with Crippen LogP contribution in [0.2, 0.25) is 0 Å². The Kier molecular flexibility index (Phi) is 3.19. The number of benzene rings is 1. The molecule has 19 heavy (non-hydrogen) atoms. The third-order valence-electron chi connectivity index (χ3n) is 3.30. The molecule has 0 saturated carbocycles. The molecule has 3 N–H and O–H groups in total. The molecular formula is C15H16N2O2. The van der Waals surface area contributed by atoms with Gasteiger partial charge in [0, 0.05) is 18.5 Å². The Morgan fingerprint density at radius 2 is 2.26 bits per heavy atom. The van der Waals surface area contributed by atoms with Crippen LogP contribution in [0.25, 0.3) is 0 Å². The van der Waals surface area contributed by atoms with Crippen LogP contribution in [0.4, 0.5) is 5.69 Å². The van der Waals surface area contributed by atoms with Crippen LogP contribution in [0.15, 0.2) is 47.5 Å². The highest BCUT2D eigenvalue weighted by atomic mass is 16.5. The first-order chi connectivity index (χ1) is 9.28. The summed E-state index contributed by atoms with van der Waals surface area (Å²) in [4.78, 5) is 4.59. The molecule has 2 unspecified atom stereocenters. The molecule has 0 bridgehead atoms. The van der Waals surface area contributed by atoms with Gasteiger partial charge in [0.2, 0.25) is 0 Å². The van der Waals surface area contributed by atoms with E-state index in [9.17, 15) is 5.11 Å². The highest BCUT2D eigenvalue weighted by Crippen LogP contribution is 2.39. The normalized spacial score (nSPS) is 20.7.